The van der Waals surface area contributed by atoms with E-state index in [9.17, 15) is 8.42 Å². The van der Waals surface area contributed by atoms with Crippen LogP contribution in [0.15, 0.2) is 48.5 Å². The summed E-state index contributed by atoms with van der Waals surface area (Å²) in [5.74, 6) is -0.0416. The normalized spacial score (nSPS) is 14.0. The van der Waals surface area contributed by atoms with Gasteiger partial charge in [0.15, 0.2) is 0 Å². The van der Waals surface area contributed by atoms with Crippen LogP contribution in [0.5, 0.6) is 0 Å². The summed E-state index contributed by atoms with van der Waals surface area (Å²) in [6.07, 6.45) is 1.85. The van der Waals surface area contributed by atoms with Crippen molar-refractivity contribution in [3.63, 3.8) is 0 Å². The molecule has 0 unspecified atom stereocenters. The number of nitrogens with one attached hydrogen (secondary N) is 1. The maximum Gasteiger partial charge on any atom is 0.215 e. The summed E-state index contributed by atoms with van der Waals surface area (Å²) >= 11 is 5.89. The zero-order valence-corrected chi connectivity index (χ0v) is 15.0. The lowest BCUT2D eigenvalue weighted by atomic mass is 10.2. The minimum atomic E-state index is -3.33. The van der Waals surface area contributed by atoms with E-state index in [1.54, 1.807) is 24.3 Å². The van der Waals surface area contributed by atoms with E-state index in [1.165, 1.54) is 11.3 Å². The number of anilines is 1. The fourth-order valence-corrected chi connectivity index (χ4v) is 4.42. The molecule has 2 aromatic rings. The van der Waals surface area contributed by atoms with Crippen LogP contribution < -0.4 is 9.62 Å². The molecule has 4 nitrogen and oxygen atoms in total. The molecule has 0 spiro atoms. The largest absolute Gasteiger partial charge is 0.371 e. The van der Waals surface area contributed by atoms with Crippen molar-refractivity contribution < 1.29 is 8.42 Å². The molecule has 3 rings (SSSR count). The van der Waals surface area contributed by atoms with Crippen molar-refractivity contribution in [3.05, 3.63) is 64.7 Å². The predicted octanol–water partition coefficient (Wildman–Crippen LogP) is 3.21. The number of para-hydroxylation sites is 1. The van der Waals surface area contributed by atoms with E-state index in [0.29, 0.717) is 17.1 Å². The van der Waals surface area contributed by atoms with Gasteiger partial charge in [-0.3, -0.25) is 0 Å². The maximum absolute atomic E-state index is 12.1. The summed E-state index contributed by atoms with van der Waals surface area (Å²) in [7, 11) is -3.33. The summed E-state index contributed by atoms with van der Waals surface area (Å²) < 4.78 is 27.0. The third-order valence-electron chi connectivity index (χ3n) is 4.16. The molecule has 0 bridgehead atoms. The van der Waals surface area contributed by atoms with Gasteiger partial charge < -0.3 is 4.90 Å². The second kappa shape index (κ2) is 7.55. The summed E-state index contributed by atoms with van der Waals surface area (Å²) in [5.41, 5.74) is 3.35. The molecule has 0 amide bonds. The average Bonchev–Trinajstić information content (AvgIpc) is 2.94. The Labute approximate surface area is 148 Å². The lowest BCUT2D eigenvalue weighted by molar-refractivity contribution is 0.577. The summed E-state index contributed by atoms with van der Waals surface area (Å²) in [4.78, 5) is 2.32. The van der Waals surface area contributed by atoms with Crippen LogP contribution in [0.4, 0.5) is 5.69 Å². The van der Waals surface area contributed by atoms with Crippen molar-refractivity contribution in [2.45, 2.75) is 18.6 Å². The maximum atomic E-state index is 12.1. The van der Waals surface area contributed by atoms with Crippen LogP contribution >= 0.6 is 11.6 Å². The van der Waals surface area contributed by atoms with Gasteiger partial charge in [-0.2, -0.15) is 0 Å². The number of halogens is 1. The molecule has 1 aliphatic heterocycles. The summed E-state index contributed by atoms with van der Waals surface area (Å²) in [5, 5.41) is 0.551. The van der Waals surface area contributed by atoms with E-state index in [2.05, 4.69) is 27.8 Å². The fourth-order valence-electron chi connectivity index (χ4n) is 3.03. The highest BCUT2D eigenvalue weighted by atomic mass is 35.5. The first-order valence-corrected chi connectivity index (χ1v) is 10.1. The Hall–Kier alpha value is -1.56. The van der Waals surface area contributed by atoms with Gasteiger partial charge >= 0.3 is 0 Å². The van der Waals surface area contributed by atoms with Crippen LogP contribution in [0.3, 0.4) is 0 Å². The van der Waals surface area contributed by atoms with Crippen LogP contribution in [0.25, 0.3) is 0 Å². The molecule has 0 aromatic heterocycles. The van der Waals surface area contributed by atoms with Gasteiger partial charge in [-0.25, -0.2) is 13.1 Å². The monoisotopic (exact) mass is 364 g/mol. The van der Waals surface area contributed by atoms with Gasteiger partial charge in [0, 0.05) is 30.3 Å². The highest BCUT2D eigenvalue weighted by molar-refractivity contribution is 7.88. The van der Waals surface area contributed by atoms with E-state index in [1.807, 2.05) is 6.07 Å². The van der Waals surface area contributed by atoms with Crippen molar-refractivity contribution >= 4 is 27.3 Å². The molecule has 0 atom stereocenters. The van der Waals surface area contributed by atoms with Crippen molar-refractivity contribution in [2.24, 2.45) is 0 Å². The second-order valence-electron chi connectivity index (χ2n) is 6.00. The van der Waals surface area contributed by atoms with E-state index >= 15 is 0 Å². The van der Waals surface area contributed by atoms with E-state index < -0.39 is 10.0 Å². The van der Waals surface area contributed by atoms with E-state index in [-0.39, 0.29) is 5.75 Å². The Morgan fingerprint density at radius 2 is 1.96 bits per heavy atom. The van der Waals surface area contributed by atoms with Crippen LogP contribution in [-0.2, 0) is 22.2 Å². The number of benzene rings is 2. The second-order valence-corrected chi connectivity index (χ2v) is 8.25. The quantitative estimate of drug-likeness (QED) is 0.767. The van der Waals surface area contributed by atoms with Crippen LogP contribution in [0, 0.1) is 0 Å². The van der Waals surface area contributed by atoms with Gasteiger partial charge in [-0.1, -0.05) is 41.9 Å². The van der Waals surface area contributed by atoms with Crippen molar-refractivity contribution in [1.29, 1.82) is 0 Å². The Balaban J connectivity index is 1.46. The predicted molar refractivity (Wildman–Crippen MR) is 99.1 cm³/mol. The molecule has 1 aliphatic rings. The van der Waals surface area contributed by atoms with Crippen molar-refractivity contribution in [1.82, 2.24) is 4.72 Å². The molecule has 24 heavy (non-hydrogen) atoms. The SMILES string of the molecule is O=S(=O)(Cc1cccc(Cl)c1)NCCCN1CCc2ccccc21. The summed E-state index contributed by atoms with van der Waals surface area (Å²) in [6, 6.07) is 15.3. The molecule has 0 saturated heterocycles. The topological polar surface area (TPSA) is 49.4 Å². The third-order valence-corrected chi connectivity index (χ3v) is 5.75. The highest BCUT2D eigenvalue weighted by Crippen LogP contribution is 2.27. The van der Waals surface area contributed by atoms with Gasteiger partial charge in [0.1, 0.15) is 0 Å². The van der Waals surface area contributed by atoms with Crippen LogP contribution in [0.2, 0.25) is 5.02 Å². The number of hydrogen-bond acceptors (Lipinski definition) is 3. The lowest BCUT2D eigenvalue weighted by Crippen LogP contribution is -2.30. The number of nitrogens with zero attached hydrogens (tertiary/aromatic N) is 1. The fraction of sp³-hybridized carbons (Fsp3) is 0.333. The van der Waals surface area contributed by atoms with Gasteiger partial charge in [0.25, 0.3) is 0 Å². The third kappa shape index (κ3) is 4.50. The number of rotatable bonds is 7. The first-order valence-electron chi connectivity index (χ1n) is 8.08. The van der Waals surface area contributed by atoms with Gasteiger partial charge in [-0.05, 0) is 42.2 Å². The zero-order valence-electron chi connectivity index (χ0n) is 13.4. The Morgan fingerprint density at radius 3 is 2.79 bits per heavy atom. The molecule has 1 heterocycles. The average molecular weight is 365 g/mol. The molecular weight excluding hydrogens is 344 g/mol. The van der Waals surface area contributed by atoms with Crippen molar-refractivity contribution in [2.75, 3.05) is 24.5 Å². The molecule has 2 aromatic carbocycles. The van der Waals surface area contributed by atoms with Crippen LogP contribution in [-0.4, -0.2) is 28.1 Å². The molecule has 6 heteroatoms. The minimum Gasteiger partial charge on any atom is -0.371 e. The Kier molecular flexibility index (Phi) is 5.43. The number of fused-ring (bicyclic) bond motifs is 1. The summed E-state index contributed by atoms with van der Waals surface area (Å²) in [6.45, 7) is 2.31. The van der Waals surface area contributed by atoms with Gasteiger partial charge in [0.2, 0.25) is 10.0 Å². The molecule has 1 N–H and O–H groups in total. The Bertz CT molecular complexity index is 808. The number of sulfonamides is 1. The first kappa shape index (κ1) is 17.3. The van der Waals surface area contributed by atoms with Gasteiger partial charge in [-0.15, -0.1) is 0 Å². The Morgan fingerprint density at radius 1 is 1.12 bits per heavy atom. The smallest absolute Gasteiger partial charge is 0.215 e. The molecule has 0 aliphatic carbocycles. The molecule has 0 radical (unpaired) electrons. The molecule has 0 saturated carbocycles. The first-order chi connectivity index (χ1) is 11.5. The minimum absolute atomic E-state index is 0.0416. The van der Waals surface area contributed by atoms with Crippen LogP contribution in [0.1, 0.15) is 17.5 Å². The van der Waals surface area contributed by atoms with Crippen molar-refractivity contribution in [3.8, 4) is 0 Å². The zero-order chi connectivity index (χ0) is 17.0. The van der Waals surface area contributed by atoms with E-state index in [0.717, 1.165) is 25.9 Å². The number of hydrogen-bond donors (Lipinski definition) is 1. The standard InChI is InChI=1S/C18H21ClN2O2S/c19-17-7-3-5-15(13-17)14-24(22,23)20-10-4-11-21-12-9-16-6-1-2-8-18(16)21/h1-3,5-8,13,20H,4,9-12,14H2. The van der Waals surface area contributed by atoms with Gasteiger partial charge in [0.05, 0.1) is 5.75 Å². The van der Waals surface area contributed by atoms with E-state index in [4.69, 9.17) is 11.6 Å². The molecule has 0 fully saturated rings. The highest BCUT2D eigenvalue weighted by Gasteiger charge is 2.18. The molecular formula is C18H21ClN2O2S. The molecule has 128 valence electrons. The lowest BCUT2D eigenvalue weighted by Gasteiger charge is -2.19.